The van der Waals surface area contributed by atoms with Crippen LogP contribution in [0, 0.1) is 11.8 Å². The maximum atomic E-state index is 11.5. The maximum Gasteiger partial charge on any atom is 0.239 e. The van der Waals surface area contributed by atoms with Crippen molar-refractivity contribution in [3.05, 3.63) is 0 Å². The van der Waals surface area contributed by atoms with Crippen molar-refractivity contribution >= 4 is 17.7 Å². The Bertz CT molecular complexity index is 317. The van der Waals surface area contributed by atoms with E-state index in [4.69, 9.17) is 5.73 Å². The van der Waals surface area contributed by atoms with Crippen LogP contribution in [0.1, 0.15) is 6.92 Å². The van der Waals surface area contributed by atoms with Crippen molar-refractivity contribution in [2.24, 2.45) is 17.6 Å². The van der Waals surface area contributed by atoms with Crippen molar-refractivity contribution in [1.82, 2.24) is 10.2 Å². The Morgan fingerprint density at radius 3 is 2.27 bits per heavy atom. The van der Waals surface area contributed by atoms with Crippen LogP contribution in [-0.4, -0.2) is 41.8 Å². The molecule has 2 saturated heterocycles. The molecule has 0 saturated carbocycles. The monoisotopic (exact) mass is 211 g/mol. The number of imide groups is 1. The van der Waals surface area contributed by atoms with Crippen LogP contribution >= 0.6 is 0 Å². The van der Waals surface area contributed by atoms with Gasteiger partial charge in [0.25, 0.3) is 0 Å². The van der Waals surface area contributed by atoms with Gasteiger partial charge in [-0.3, -0.25) is 19.7 Å². The number of nitrogens with two attached hydrogens (primary N) is 1. The van der Waals surface area contributed by atoms with E-state index in [2.05, 4.69) is 5.32 Å². The summed E-state index contributed by atoms with van der Waals surface area (Å²) in [6, 6.07) is -0.581. The van der Waals surface area contributed by atoms with Gasteiger partial charge in [-0.1, -0.05) is 0 Å². The highest BCUT2D eigenvalue weighted by atomic mass is 16.2. The molecule has 2 fully saturated rings. The van der Waals surface area contributed by atoms with E-state index in [9.17, 15) is 14.4 Å². The lowest BCUT2D eigenvalue weighted by atomic mass is 10.00. The van der Waals surface area contributed by atoms with Gasteiger partial charge < -0.3 is 10.6 Å². The summed E-state index contributed by atoms with van der Waals surface area (Å²) in [6.45, 7) is 2.21. The van der Waals surface area contributed by atoms with Crippen molar-refractivity contribution in [1.29, 1.82) is 0 Å². The number of fused-ring (bicyclic) bond motifs is 1. The van der Waals surface area contributed by atoms with Crippen LogP contribution in [0.25, 0.3) is 0 Å². The van der Waals surface area contributed by atoms with Gasteiger partial charge in [-0.25, -0.2) is 0 Å². The fourth-order valence-electron chi connectivity index (χ4n) is 2.11. The zero-order chi connectivity index (χ0) is 11.2. The lowest BCUT2D eigenvalue weighted by molar-refractivity contribution is -0.132. The molecule has 0 radical (unpaired) electrons. The average Bonchev–Trinajstić information content (AvgIpc) is 2.68. The van der Waals surface area contributed by atoms with Gasteiger partial charge in [-0.05, 0) is 6.92 Å². The Morgan fingerprint density at radius 1 is 1.40 bits per heavy atom. The SMILES string of the molecule is C[C@H](N)C(=O)N1C[C@H]2C(=O)NC(=O)[C@@H]2C1. The molecule has 0 aliphatic carbocycles. The minimum atomic E-state index is -0.581. The third kappa shape index (κ3) is 1.50. The van der Waals surface area contributed by atoms with E-state index in [1.807, 2.05) is 0 Å². The van der Waals surface area contributed by atoms with Gasteiger partial charge in [0.2, 0.25) is 17.7 Å². The second-order valence-electron chi connectivity index (χ2n) is 4.10. The highest BCUT2D eigenvalue weighted by Crippen LogP contribution is 2.28. The summed E-state index contributed by atoms with van der Waals surface area (Å²) in [5.41, 5.74) is 5.46. The first-order chi connectivity index (χ1) is 7.00. The molecule has 0 spiro atoms. The van der Waals surface area contributed by atoms with E-state index in [1.165, 1.54) is 4.90 Å². The largest absolute Gasteiger partial charge is 0.340 e. The molecule has 3 amide bonds. The highest BCUT2D eigenvalue weighted by Gasteiger charge is 2.49. The first kappa shape index (κ1) is 10.1. The zero-order valence-corrected chi connectivity index (χ0v) is 8.40. The minimum absolute atomic E-state index is 0.204. The molecule has 82 valence electrons. The lowest BCUT2D eigenvalue weighted by Crippen LogP contribution is -2.43. The molecule has 6 nitrogen and oxygen atoms in total. The fraction of sp³-hybridized carbons (Fsp3) is 0.667. The Balaban J connectivity index is 2.10. The first-order valence-electron chi connectivity index (χ1n) is 4.89. The van der Waals surface area contributed by atoms with Crippen LogP contribution in [0.15, 0.2) is 0 Å². The highest BCUT2D eigenvalue weighted by molar-refractivity contribution is 6.06. The van der Waals surface area contributed by atoms with Crippen molar-refractivity contribution < 1.29 is 14.4 Å². The summed E-state index contributed by atoms with van der Waals surface area (Å²) in [6.07, 6.45) is 0. The Morgan fingerprint density at radius 2 is 1.87 bits per heavy atom. The lowest BCUT2D eigenvalue weighted by Gasteiger charge is -2.18. The summed E-state index contributed by atoms with van der Waals surface area (Å²) < 4.78 is 0. The standard InChI is InChI=1S/C9H13N3O3/c1-4(10)9(15)12-2-5-6(3-12)8(14)11-7(5)13/h4-6H,2-3,10H2,1H3,(H,11,13,14)/t4-,5+,6+/m0/s1. The first-order valence-corrected chi connectivity index (χ1v) is 4.89. The van der Waals surface area contributed by atoms with Crippen molar-refractivity contribution in [3.8, 4) is 0 Å². The van der Waals surface area contributed by atoms with Crippen LogP contribution in [-0.2, 0) is 14.4 Å². The molecule has 2 aliphatic rings. The summed E-state index contributed by atoms with van der Waals surface area (Å²) in [5, 5.41) is 2.26. The van der Waals surface area contributed by atoms with Crippen LogP contribution in [0.4, 0.5) is 0 Å². The number of rotatable bonds is 1. The van der Waals surface area contributed by atoms with Crippen LogP contribution in [0.2, 0.25) is 0 Å². The van der Waals surface area contributed by atoms with Gasteiger partial charge in [0, 0.05) is 13.1 Å². The van der Waals surface area contributed by atoms with E-state index < -0.39 is 6.04 Å². The molecule has 0 aromatic rings. The number of hydrogen-bond acceptors (Lipinski definition) is 4. The Labute approximate surface area is 86.8 Å². The van der Waals surface area contributed by atoms with E-state index in [0.717, 1.165) is 0 Å². The average molecular weight is 211 g/mol. The van der Waals surface area contributed by atoms with Crippen LogP contribution < -0.4 is 11.1 Å². The number of nitrogens with zero attached hydrogens (tertiary/aromatic N) is 1. The van der Waals surface area contributed by atoms with Gasteiger partial charge in [0.05, 0.1) is 17.9 Å². The number of likely N-dealkylation sites (tertiary alicyclic amines) is 1. The second-order valence-corrected chi connectivity index (χ2v) is 4.10. The van der Waals surface area contributed by atoms with Gasteiger partial charge >= 0.3 is 0 Å². The third-order valence-corrected chi connectivity index (χ3v) is 2.94. The Kier molecular flexibility index (Phi) is 2.22. The minimum Gasteiger partial charge on any atom is -0.340 e. The molecule has 0 aromatic carbocycles. The number of carbonyl (C=O) groups excluding carboxylic acids is 3. The van der Waals surface area contributed by atoms with Gasteiger partial charge in [0.1, 0.15) is 0 Å². The maximum absolute atomic E-state index is 11.5. The Hall–Kier alpha value is -1.43. The van der Waals surface area contributed by atoms with Crippen molar-refractivity contribution in [2.45, 2.75) is 13.0 Å². The van der Waals surface area contributed by atoms with E-state index in [1.54, 1.807) is 6.92 Å². The van der Waals surface area contributed by atoms with E-state index >= 15 is 0 Å². The second kappa shape index (κ2) is 3.30. The van der Waals surface area contributed by atoms with Gasteiger partial charge in [-0.2, -0.15) is 0 Å². The molecule has 15 heavy (non-hydrogen) atoms. The normalized spacial score (nSPS) is 31.5. The van der Waals surface area contributed by atoms with Crippen molar-refractivity contribution in [3.63, 3.8) is 0 Å². The molecule has 6 heteroatoms. The third-order valence-electron chi connectivity index (χ3n) is 2.94. The zero-order valence-electron chi connectivity index (χ0n) is 8.40. The molecule has 2 aliphatic heterocycles. The van der Waals surface area contributed by atoms with Gasteiger partial charge in [0.15, 0.2) is 0 Å². The quantitative estimate of drug-likeness (QED) is 0.494. The van der Waals surface area contributed by atoms with E-state index in [0.29, 0.717) is 13.1 Å². The summed E-state index contributed by atoms with van der Waals surface area (Å²) in [7, 11) is 0. The molecule has 0 unspecified atom stereocenters. The molecule has 0 bridgehead atoms. The molecule has 3 N–H and O–H groups in total. The predicted molar refractivity (Wildman–Crippen MR) is 50.4 cm³/mol. The predicted octanol–water partition coefficient (Wildman–Crippen LogP) is -1.94. The smallest absolute Gasteiger partial charge is 0.239 e. The van der Waals surface area contributed by atoms with Crippen LogP contribution in [0.3, 0.4) is 0 Å². The van der Waals surface area contributed by atoms with Gasteiger partial charge in [-0.15, -0.1) is 0 Å². The number of hydrogen-bond donors (Lipinski definition) is 2. The number of amides is 3. The number of carbonyl (C=O) groups is 3. The summed E-state index contributed by atoms with van der Waals surface area (Å²) in [5.74, 6) is -1.50. The molecular formula is C9H13N3O3. The molecule has 0 aromatic heterocycles. The molecule has 3 atom stereocenters. The molecule has 2 rings (SSSR count). The number of nitrogens with one attached hydrogen (secondary N) is 1. The molecule has 2 heterocycles. The van der Waals surface area contributed by atoms with E-state index in [-0.39, 0.29) is 29.6 Å². The fourth-order valence-corrected chi connectivity index (χ4v) is 2.11. The molecular weight excluding hydrogens is 198 g/mol. The summed E-state index contributed by atoms with van der Waals surface area (Å²) in [4.78, 5) is 35.7. The topological polar surface area (TPSA) is 92.5 Å². The van der Waals surface area contributed by atoms with Crippen molar-refractivity contribution in [2.75, 3.05) is 13.1 Å². The summed E-state index contributed by atoms with van der Waals surface area (Å²) >= 11 is 0. The van der Waals surface area contributed by atoms with Crippen LogP contribution in [0.5, 0.6) is 0 Å².